The third-order valence-electron chi connectivity index (χ3n) is 4.73. The Kier molecular flexibility index (Phi) is 4.59. The molecule has 5 heteroatoms. The predicted octanol–water partition coefficient (Wildman–Crippen LogP) is 3.34. The molecular formula is C19H24N4O. The molecule has 0 unspecified atom stereocenters. The summed E-state index contributed by atoms with van der Waals surface area (Å²) in [4.78, 5) is 6.76. The molecular weight excluding hydrogens is 300 g/mol. The van der Waals surface area contributed by atoms with Gasteiger partial charge in [-0.15, -0.1) is 0 Å². The van der Waals surface area contributed by atoms with Gasteiger partial charge in [-0.25, -0.2) is 4.98 Å². The van der Waals surface area contributed by atoms with E-state index in [4.69, 9.17) is 0 Å². The maximum Gasteiger partial charge on any atom is 0.155 e. The van der Waals surface area contributed by atoms with E-state index in [9.17, 15) is 10.4 Å². The Balaban J connectivity index is 1.92. The highest BCUT2D eigenvalue weighted by Gasteiger charge is 2.24. The van der Waals surface area contributed by atoms with Crippen LogP contribution in [-0.2, 0) is 7.05 Å². The second-order valence-electron chi connectivity index (χ2n) is 7.06. The van der Waals surface area contributed by atoms with Crippen molar-refractivity contribution >= 4 is 16.6 Å². The van der Waals surface area contributed by atoms with Gasteiger partial charge in [-0.1, -0.05) is 26.0 Å². The fourth-order valence-corrected chi connectivity index (χ4v) is 3.82. The van der Waals surface area contributed by atoms with Crippen LogP contribution in [0.25, 0.3) is 16.6 Å². The van der Waals surface area contributed by atoms with E-state index in [2.05, 4.69) is 29.8 Å². The van der Waals surface area contributed by atoms with Crippen LogP contribution in [-0.4, -0.2) is 39.2 Å². The van der Waals surface area contributed by atoms with E-state index in [-0.39, 0.29) is 11.3 Å². The van der Waals surface area contributed by atoms with Crippen LogP contribution < -0.4 is 0 Å². The molecule has 2 atom stereocenters. The van der Waals surface area contributed by atoms with Crippen LogP contribution in [0.15, 0.2) is 30.0 Å². The van der Waals surface area contributed by atoms with Crippen LogP contribution in [0.3, 0.4) is 0 Å². The van der Waals surface area contributed by atoms with Gasteiger partial charge < -0.3 is 9.67 Å². The highest BCUT2D eigenvalue weighted by molar-refractivity contribution is 5.83. The number of para-hydroxylation sites is 2. The average Bonchev–Trinajstić information content (AvgIpc) is 2.84. The van der Waals surface area contributed by atoms with Crippen molar-refractivity contribution < 1.29 is 5.11 Å². The molecule has 1 N–H and O–H groups in total. The number of likely N-dealkylation sites (tertiary alicyclic amines) is 1. The molecule has 0 spiro atoms. The number of hydrogen-bond donors (Lipinski definition) is 1. The number of aryl methyl sites for hydroxylation is 1. The third-order valence-corrected chi connectivity index (χ3v) is 4.73. The third kappa shape index (κ3) is 3.15. The second kappa shape index (κ2) is 6.66. The van der Waals surface area contributed by atoms with Gasteiger partial charge in [0.15, 0.2) is 5.82 Å². The van der Waals surface area contributed by atoms with E-state index in [1.54, 1.807) is 0 Å². The number of benzene rings is 1. The number of rotatable bonds is 3. The zero-order chi connectivity index (χ0) is 17.3. The number of allylic oxidation sites excluding steroid dienone is 1. The van der Waals surface area contributed by atoms with E-state index in [1.807, 2.05) is 35.9 Å². The molecule has 1 aliphatic rings. The van der Waals surface area contributed by atoms with E-state index in [0.717, 1.165) is 24.1 Å². The Morgan fingerprint density at radius 1 is 1.29 bits per heavy atom. The van der Waals surface area contributed by atoms with Crippen molar-refractivity contribution in [1.29, 1.82) is 5.26 Å². The lowest BCUT2D eigenvalue weighted by Crippen LogP contribution is -2.39. The van der Waals surface area contributed by atoms with Crippen molar-refractivity contribution in [1.82, 2.24) is 14.5 Å². The minimum atomic E-state index is 0.109. The number of fused-ring (bicyclic) bond motifs is 1. The molecule has 2 heterocycles. The molecule has 1 saturated heterocycles. The summed E-state index contributed by atoms with van der Waals surface area (Å²) in [5.74, 6) is 1.86. The van der Waals surface area contributed by atoms with Gasteiger partial charge in [0, 0.05) is 20.1 Å². The first-order valence-electron chi connectivity index (χ1n) is 8.46. The van der Waals surface area contributed by atoms with Crippen LogP contribution >= 0.6 is 0 Å². The molecule has 0 bridgehead atoms. The average molecular weight is 324 g/mol. The number of hydrogen-bond acceptors (Lipinski definition) is 4. The molecule has 0 aliphatic carbocycles. The molecule has 5 nitrogen and oxygen atoms in total. The summed E-state index contributed by atoms with van der Waals surface area (Å²) >= 11 is 0. The number of nitriles is 1. The number of aliphatic hydroxyl groups excluding tert-OH is 1. The maximum atomic E-state index is 10.6. The van der Waals surface area contributed by atoms with Crippen molar-refractivity contribution in [3.8, 4) is 6.07 Å². The number of aliphatic hydroxyl groups is 1. The number of piperidine rings is 1. The predicted molar refractivity (Wildman–Crippen MR) is 95.3 cm³/mol. The molecule has 1 aliphatic heterocycles. The van der Waals surface area contributed by atoms with Crippen molar-refractivity contribution in [3.05, 3.63) is 35.8 Å². The SMILES string of the molecule is C[C@@H]1C[C@H](C)CN(C/C(O)=C(\C#N)c2nc3ccccc3n2C)C1. The minimum absolute atomic E-state index is 0.109. The Hall–Kier alpha value is -2.32. The van der Waals surface area contributed by atoms with E-state index < -0.39 is 0 Å². The van der Waals surface area contributed by atoms with Crippen LogP contribution in [0, 0.1) is 23.2 Å². The van der Waals surface area contributed by atoms with E-state index >= 15 is 0 Å². The normalized spacial score (nSPS) is 23.1. The second-order valence-corrected chi connectivity index (χ2v) is 7.06. The Labute approximate surface area is 142 Å². The Morgan fingerprint density at radius 2 is 1.96 bits per heavy atom. The molecule has 0 amide bonds. The molecule has 1 fully saturated rings. The van der Waals surface area contributed by atoms with Gasteiger partial charge in [0.25, 0.3) is 0 Å². The minimum Gasteiger partial charge on any atom is -0.509 e. The fourth-order valence-electron chi connectivity index (χ4n) is 3.82. The molecule has 1 aromatic carbocycles. The smallest absolute Gasteiger partial charge is 0.155 e. The van der Waals surface area contributed by atoms with Crippen molar-refractivity contribution in [2.45, 2.75) is 20.3 Å². The monoisotopic (exact) mass is 324 g/mol. The van der Waals surface area contributed by atoms with Gasteiger partial charge in [0.05, 0.1) is 17.6 Å². The lowest BCUT2D eigenvalue weighted by atomic mass is 9.92. The summed E-state index contributed by atoms with van der Waals surface area (Å²) in [6.07, 6.45) is 1.22. The maximum absolute atomic E-state index is 10.6. The molecule has 24 heavy (non-hydrogen) atoms. The highest BCUT2D eigenvalue weighted by atomic mass is 16.3. The van der Waals surface area contributed by atoms with Gasteiger partial charge in [-0.05, 0) is 30.4 Å². The van der Waals surface area contributed by atoms with E-state index in [0.29, 0.717) is 24.2 Å². The molecule has 3 rings (SSSR count). The molecule has 0 radical (unpaired) electrons. The van der Waals surface area contributed by atoms with E-state index in [1.165, 1.54) is 6.42 Å². The lowest BCUT2D eigenvalue weighted by Gasteiger charge is -2.34. The number of aromatic nitrogens is 2. The topological polar surface area (TPSA) is 65.1 Å². The molecule has 126 valence electrons. The quantitative estimate of drug-likeness (QED) is 0.694. The highest BCUT2D eigenvalue weighted by Crippen LogP contribution is 2.25. The summed E-state index contributed by atoms with van der Waals surface area (Å²) in [7, 11) is 1.88. The van der Waals surface area contributed by atoms with Gasteiger partial charge in [-0.3, -0.25) is 4.90 Å². The van der Waals surface area contributed by atoms with Crippen molar-refractivity contribution in [2.24, 2.45) is 18.9 Å². The first kappa shape index (κ1) is 16.5. The Morgan fingerprint density at radius 3 is 2.58 bits per heavy atom. The molecule has 2 aromatic rings. The van der Waals surface area contributed by atoms with Crippen LogP contribution in [0.5, 0.6) is 0 Å². The summed E-state index contributed by atoms with van der Waals surface area (Å²) in [6.45, 7) is 6.78. The summed E-state index contributed by atoms with van der Waals surface area (Å²) in [6, 6.07) is 9.90. The van der Waals surface area contributed by atoms with Crippen LogP contribution in [0.4, 0.5) is 0 Å². The zero-order valence-corrected chi connectivity index (χ0v) is 14.5. The fraction of sp³-hybridized carbons (Fsp3) is 0.474. The van der Waals surface area contributed by atoms with Gasteiger partial charge in [0.2, 0.25) is 0 Å². The number of imidazole rings is 1. The first-order valence-corrected chi connectivity index (χ1v) is 8.46. The summed E-state index contributed by atoms with van der Waals surface area (Å²) in [5.41, 5.74) is 2.05. The lowest BCUT2D eigenvalue weighted by molar-refractivity contribution is 0.138. The largest absolute Gasteiger partial charge is 0.509 e. The van der Waals surface area contributed by atoms with Gasteiger partial charge in [-0.2, -0.15) is 5.26 Å². The van der Waals surface area contributed by atoms with Crippen LogP contribution in [0.2, 0.25) is 0 Å². The van der Waals surface area contributed by atoms with Crippen LogP contribution in [0.1, 0.15) is 26.1 Å². The van der Waals surface area contributed by atoms with Crippen molar-refractivity contribution in [3.63, 3.8) is 0 Å². The standard InChI is InChI=1S/C19H24N4O/c1-13-8-14(2)11-23(10-13)12-18(24)15(9-20)19-21-16-6-4-5-7-17(16)22(19)3/h4-7,13-14,24H,8,10-12H2,1-3H3/b18-15-/t13-,14+. The number of nitrogens with zero attached hydrogens (tertiary/aromatic N) is 4. The Bertz CT molecular complexity index is 804. The molecule has 0 saturated carbocycles. The zero-order valence-electron chi connectivity index (χ0n) is 14.5. The van der Waals surface area contributed by atoms with Gasteiger partial charge >= 0.3 is 0 Å². The first-order chi connectivity index (χ1) is 11.5. The summed E-state index contributed by atoms with van der Waals surface area (Å²) in [5, 5.41) is 20.2. The summed E-state index contributed by atoms with van der Waals surface area (Å²) < 4.78 is 1.87. The van der Waals surface area contributed by atoms with Crippen molar-refractivity contribution in [2.75, 3.05) is 19.6 Å². The molecule has 1 aromatic heterocycles. The van der Waals surface area contributed by atoms with Gasteiger partial charge in [0.1, 0.15) is 17.4 Å².